The van der Waals surface area contributed by atoms with E-state index in [0.29, 0.717) is 5.52 Å². The Morgan fingerprint density at radius 2 is 1.95 bits per heavy atom. The first-order chi connectivity index (χ1) is 10.1. The Morgan fingerprint density at radius 3 is 2.67 bits per heavy atom. The van der Waals surface area contributed by atoms with Crippen molar-refractivity contribution >= 4 is 22.6 Å². The minimum atomic E-state index is -0.960. The first-order valence-corrected chi connectivity index (χ1v) is 6.56. The predicted molar refractivity (Wildman–Crippen MR) is 82.8 cm³/mol. The van der Waals surface area contributed by atoms with Gasteiger partial charge in [-0.15, -0.1) is 0 Å². The normalized spacial score (nSPS) is 10.8. The largest absolute Gasteiger partial charge is 0.478 e. The number of anilines is 1. The molecule has 0 amide bonds. The van der Waals surface area contributed by atoms with Crippen molar-refractivity contribution in [3.05, 3.63) is 48.0 Å². The summed E-state index contributed by atoms with van der Waals surface area (Å²) >= 11 is 0. The highest BCUT2D eigenvalue weighted by atomic mass is 16.4. The van der Waals surface area contributed by atoms with Gasteiger partial charge in [-0.05, 0) is 18.2 Å². The Bertz CT molecular complexity index is 821. The van der Waals surface area contributed by atoms with Crippen LogP contribution in [0.1, 0.15) is 10.4 Å². The number of carbonyl (C=O) groups is 1. The molecule has 0 bridgehead atoms. The molecule has 2 aromatic carbocycles. The fraction of sp³-hybridized carbons (Fsp3) is 0.125. The fourth-order valence-electron chi connectivity index (χ4n) is 2.37. The Balaban J connectivity index is 2.20. The molecule has 106 valence electrons. The van der Waals surface area contributed by atoms with Gasteiger partial charge in [-0.1, -0.05) is 24.3 Å². The van der Waals surface area contributed by atoms with Crippen LogP contribution < -0.4 is 4.90 Å². The lowest BCUT2D eigenvalue weighted by Gasteiger charge is -2.13. The van der Waals surface area contributed by atoms with Crippen molar-refractivity contribution in [2.24, 2.45) is 0 Å². The summed E-state index contributed by atoms with van der Waals surface area (Å²) in [5.74, 6) is -0.960. The molecule has 2 N–H and O–H groups in total. The molecule has 0 aliphatic carbocycles. The highest BCUT2D eigenvalue weighted by molar-refractivity contribution is 6.05. The summed E-state index contributed by atoms with van der Waals surface area (Å²) in [7, 11) is 3.95. The van der Waals surface area contributed by atoms with Gasteiger partial charge in [0.15, 0.2) is 0 Å². The van der Waals surface area contributed by atoms with E-state index < -0.39 is 5.97 Å². The topological polar surface area (TPSA) is 69.2 Å². The Hall–Kier alpha value is -2.82. The number of hydrogen-bond donors (Lipinski definition) is 2. The molecule has 3 rings (SSSR count). The molecule has 0 unspecified atom stereocenters. The van der Waals surface area contributed by atoms with E-state index in [1.165, 1.54) is 0 Å². The number of nitrogens with one attached hydrogen (secondary N) is 1. The summed E-state index contributed by atoms with van der Waals surface area (Å²) in [6.07, 6.45) is 0. The number of aromatic amines is 1. The van der Waals surface area contributed by atoms with Gasteiger partial charge in [-0.3, -0.25) is 5.10 Å². The molecule has 1 heterocycles. The van der Waals surface area contributed by atoms with E-state index in [0.717, 1.165) is 22.3 Å². The zero-order valence-corrected chi connectivity index (χ0v) is 11.8. The standard InChI is InChI=1S/C16H15N3O2/c1-19(2)11-6-3-5-10(9-11)14-12-7-4-8-13(16(20)21)15(12)18-17-14/h3-9H,1-2H3,(H,17,18)(H,20,21). The van der Waals surface area contributed by atoms with E-state index in [-0.39, 0.29) is 5.56 Å². The maximum atomic E-state index is 11.2. The molecular formula is C16H15N3O2. The first kappa shape index (κ1) is 13.2. The average molecular weight is 281 g/mol. The van der Waals surface area contributed by atoms with Crippen LogP contribution in [0.3, 0.4) is 0 Å². The van der Waals surface area contributed by atoms with E-state index in [2.05, 4.69) is 10.2 Å². The summed E-state index contributed by atoms with van der Waals surface area (Å²) in [4.78, 5) is 13.3. The van der Waals surface area contributed by atoms with Crippen LogP contribution >= 0.6 is 0 Å². The number of aromatic carboxylic acids is 1. The van der Waals surface area contributed by atoms with Crippen LogP contribution in [-0.4, -0.2) is 35.4 Å². The third-order valence-corrected chi connectivity index (χ3v) is 3.47. The van der Waals surface area contributed by atoms with Crippen LogP contribution in [0.2, 0.25) is 0 Å². The SMILES string of the molecule is CN(C)c1cccc(-c2n[nH]c3c(C(=O)O)cccc23)c1. The van der Waals surface area contributed by atoms with Crippen LogP contribution in [0.4, 0.5) is 5.69 Å². The van der Waals surface area contributed by atoms with Crippen molar-refractivity contribution in [2.45, 2.75) is 0 Å². The Kier molecular flexibility index (Phi) is 3.10. The fourth-order valence-corrected chi connectivity index (χ4v) is 2.37. The quantitative estimate of drug-likeness (QED) is 0.774. The van der Waals surface area contributed by atoms with E-state index in [9.17, 15) is 9.90 Å². The van der Waals surface area contributed by atoms with Crippen LogP contribution in [-0.2, 0) is 0 Å². The summed E-state index contributed by atoms with van der Waals surface area (Å²) in [6, 6.07) is 13.2. The molecule has 0 saturated carbocycles. The van der Waals surface area contributed by atoms with Crippen molar-refractivity contribution in [1.29, 1.82) is 0 Å². The van der Waals surface area contributed by atoms with Gasteiger partial charge < -0.3 is 10.0 Å². The number of nitrogens with zero attached hydrogens (tertiary/aromatic N) is 2. The summed E-state index contributed by atoms with van der Waals surface area (Å²) in [5, 5.41) is 17.2. The molecule has 0 spiro atoms. The van der Waals surface area contributed by atoms with Gasteiger partial charge in [0.1, 0.15) is 0 Å². The van der Waals surface area contributed by atoms with E-state index in [1.54, 1.807) is 12.1 Å². The number of para-hydroxylation sites is 1. The number of hydrogen-bond acceptors (Lipinski definition) is 3. The summed E-state index contributed by atoms with van der Waals surface area (Å²) in [5.41, 5.74) is 3.56. The minimum absolute atomic E-state index is 0.231. The molecule has 1 aromatic heterocycles. The van der Waals surface area contributed by atoms with E-state index in [1.807, 2.05) is 49.3 Å². The van der Waals surface area contributed by atoms with Gasteiger partial charge in [-0.25, -0.2) is 4.79 Å². The van der Waals surface area contributed by atoms with Gasteiger partial charge in [0, 0.05) is 30.7 Å². The smallest absolute Gasteiger partial charge is 0.337 e. The molecule has 0 saturated heterocycles. The van der Waals surface area contributed by atoms with Gasteiger partial charge in [0.05, 0.1) is 16.8 Å². The second kappa shape index (κ2) is 4.94. The maximum absolute atomic E-state index is 11.2. The van der Waals surface area contributed by atoms with Gasteiger partial charge >= 0.3 is 5.97 Å². The van der Waals surface area contributed by atoms with Crippen molar-refractivity contribution in [2.75, 3.05) is 19.0 Å². The predicted octanol–water partition coefficient (Wildman–Crippen LogP) is 2.99. The van der Waals surface area contributed by atoms with Gasteiger partial charge in [0.2, 0.25) is 0 Å². The lowest BCUT2D eigenvalue weighted by Crippen LogP contribution is -2.08. The number of rotatable bonds is 3. The zero-order chi connectivity index (χ0) is 15.0. The minimum Gasteiger partial charge on any atom is -0.478 e. The molecule has 5 heteroatoms. The molecule has 0 atom stereocenters. The lowest BCUT2D eigenvalue weighted by molar-refractivity contribution is 0.0699. The first-order valence-electron chi connectivity index (χ1n) is 6.56. The average Bonchev–Trinajstić information content (AvgIpc) is 2.91. The Labute approximate surface area is 121 Å². The number of carboxylic acid groups (broad SMARTS) is 1. The second-order valence-electron chi connectivity index (χ2n) is 5.05. The van der Waals surface area contributed by atoms with Crippen LogP contribution in [0.25, 0.3) is 22.2 Å². The Morgan fingerprint density at radius 1 is 1.19 bits per heavy atom. The molecule has 0 radical (unpaired) electrons. The molecule has 3 aromatic rings. The maximum Gasteiger partial charge on any atom is 0.337 e. The summed E-state index contributed by atoms with van der Waals surface area (Å²) < 4.78 is 0. The van der Waals surface area contributed by atoms with E-state index in [4.69, 9.17) is 0 Å². The summed E-state index contributed by atoms with van der Waals surface area (Å²) in [6.45, 7) is 0. The van der Waals surface area contributed by atoms with Crippen LogP contribution in [0, 0.1) is 0 Å². The van der Waals surface area contributed by atoms with Crippen molar-refractivity contribution in [3.8, 4) is 11.3 Å². The highest BCUT2D eigenvalue weighted by Gasteiger charge is 2.14. The van der Waals surface area contributed by atoms with Crippen molar-refractivity contribution in [3.63, 3.8) is 0 Å². The molecule has 0 aliphatic rings. The second-order valence-corrected chi connectivity index (χ2v) is 5.05. The molecule has 5 nitrogen and oxygen atoms in total. The monoisotopic (exact) mass is 281 g/mol. The van der Waals surface area contributed by atoms with E-state index >= 15 is 0 Å². The molecule has 21 heavy (non-hydrogen) atoms. The van der Waals surface area contributed by atoms with Crippen molar-refractivity contribution < 1.29 is 9.90 Å². The van der Waals surface area contributed by atoms with Gasteiger partial charge in [-0.2, -0.15) is 5.10 Å². The molecular weight excluding hydrogens is 266 g/mol. The third kappa shape index (κ3) is 2.23. The lowest BCUT2D eigenvalue weighted by atomic mass is 10.0. The molecule has 0 aliphatic heterocycles. The van der Waals surface area contributed by atoms with Crippen LogP contribution in [0.5, 0.6) is 0 Å². The zero-order valence-electron chi connectivity index (χ0n) is 11.8. The number of fused-ring (bicyclic) bond motifs is 1. The number of H-pyrrole nitrogens is 1. The van der Waals surface area contributed by atoms with Crippen molar-refractivity contribution in [1.82, 2.24) is 10.2 Å². The number of carboxylic acids is 1. The number of aromatic nitrogens is 2. The number of benzene rings is 2. The van der Waals surface area contributed by atoms with Gasteiger partial charge in [0.25, 0.3) is 0 Å². The molecule has 0 fully saturated rings. The third-order valence-electron chi connectivity index (χ3n) is 3.47. The van der Waals surface area contributed by atoms with Crippen LogP contribution in [0.15, 0.2) is 42.5 Å². The highest BCUT2D eigenvalue weighted by Crippen LogP contribution is 2.30.